The van der Waals surface area contributed by atoms with Crippen LogP contribution in [0, 0.1) is 5.92 Å². The van der Waals surface area contributed by atoms with Crippen LogP contribution >= 0.6 is 0 Å². The van der Waals surface area contributed by atoms with Crippen LogP contribution in [-0.4, -0.2) is 66.3 Å². The summed E-state index contributed by atoms with van der Waals surface area (Å²) in [5.41, 5.74) is 1.84. The fourth-order valence-electron chi connectivity index (χ4n) is 3.68. The molecule has 0 fully saturated rings. The number of methoxy groups -OCH3 is 3. The lowest BCUT2D eigenvalue weighted by atomic mass is 9.99. The van der Waals surface area contributed by atoms with E-state index in [2.05, 4.69) is 15.6 Å². The third kappa shape index (κ3) is 5.51. The minimum atomic E-state index is -1.09. The monoisotopic (exact) mass is 498 g/mol. The number of hydrogen-bond donors (Lipinski definition) is 3. The molecule has 2 unspecified atom stereocenters. The molecule has 36 heavy (non-hydrogen) atoms. The van der Waals surface area contributed by atoms with Gasteiger partial charge in [-0.2, -0.15) is 0 Å². The smallest absolute Gasteiger partial charge is 0.326 e. The number of pyridine rings is 1. The number of anilines is 1. The summed E-state index contributed by atoms with van der Waals surface area (Å²) in [6.45, 7) is 3.52. The fraction of sp³-hybridized carbons (Fsp3) is 0.360. The molecule has 1 amide bonds. The summed E-state index contributed by atoms with van der Waals surface area (Å²) < 4.78 is 17.1. The number of carboxylic acid groups (broad SMARTS) is 1. The molecule has 3 rings (SSSR count). The van der Waals surface area contributed by atoms with Gasteiger partial charge in [0.1, 0.15) is 29.7 Å². The first-order valence-corrected chi connectivity index (χ1v) is 11.3. The number of nitrogens with one attached hydrogen (secondary N) is 2. The van der Waals surface area contributed by atoms with Gasteiger partial charge in [0.05, 0.1) is 21.3 Å². The number of esters is 1. The molecule has 0 aliphatic rings. The van der Waals surface area contributed by atoms with E-state index in [0.717, 1.165) is 0 Å². The number of imidazole rings is 1. The van der Waals surface area contributed by atoms with Crippen molar-refractivity contribution in [2.24, 2.45) is 5.92 Å². The summed E-state index contributed by atoms with van der Waals surface area (Å²) in [5.74, 6) is -0.790. The van der Waals surface area contributed by atoms with Crippen molar-refractivity contribution >= 4 is 29.3 Å². The van der Waals surface area contributed by atoms with Gasteiger partial charge in [0, 0.05) is 17.3 Å². The number of nitrogens with zero attached hydrogens (tertiary/aromatic N) is 2. The van der Waals surface area contributed by atoms with Crippen molar-refractivity contribution in [3.8, 4) is 22.8 Å². The normalized spacial score (nSPS) is 12.5. The minimum Gasteiger partial charge on any atom is -0.493 e. The summed E-state index contributed by atoms with van der Waals surface area (Å²) >= 11 is 0. The van der Waals surface area contributed by atoms with Crippen LogP contribution in [0.25, 0.3) is 16.9 Å². The van der Waals surface area contributed by atoms with E-state index in [0.29, 0.717) is 40.6 Å². The Morgan fingerprint density at radius 3 is 2.42 bits per heavy atom. The van der Waals surface area contributed by atoms with Crippen molar-refractivity contribution in [2.45, 2.75) is 26.3 Å². The summed E-state index contributed by atoms with van der Waals surface area (Å²) in [6.07, 6.45) is 2.22. The molecule has 0 saturated heterocycles. The Balaban J connectivity index is 2.05. The molecule has 192 valence electrons. The van der Waals surface area contributed by atoms with Crippen LogP contribution in [0.15, 0.2) is 36.5 Å². The average Bonchev–Trinajstić information content (AvgIpc) is 3.26. The van der Waals surface area contributed by atoms with Gasteiger partial charge in [-0.3, -0.25) is 14.0 Å². The highest BCUT2D eigenvalue weighted by Crippen LogP contribution is 2.35. The van der Waals surface area contributed by atoms with E-state index < -0.39 is 23.9 Å². The summed E-state index contributed by atoms with van der Waals surface area (Å²) in [7, 11) is 4.35. The number of carboxylic acids is 1. The Hall–Kier alpha value is -4.28. The minimum absolute atomic E-state index is 0.109. The van der Waals surface area contributed by atoms with Crippen molar-refractivity contribution < 1.29 is 33.7 Å². The lowest BCUT2D eigenvalue weighted by Gasteiger charge is -2.20. The van der Waals surface area contributed by atoms with Crippen molar-refractivity contribution in [1.82, 2.24) is 14.7 Å². The number of hydrogen-bond acceptors (Lipinski definition) is 8. The second kappa shape index (κ2) is 11.4. The largest absolute Gasteiger partial charge is 0.493 e. The molecule has 0 saturated carbocycles. The van der Waals surface area contributed by atoms with Crippen LogP contribution in [0.3, 0.4) is 0 Å². The lowest BCUT2D eigenvalue weighted by molar-refractivity contribution is -0.140. The van der Waals surface area contributed by atoms with Crippen molar-refractivity contribution in [3.05, 3.63) is 42.1 Å². The van der Waals surface area contributed by atoms with Crippen LogP contribution in [0.2, 0.25) is 0 Å². The van der Waals surface area contributed by atoms with Gasteiger partial charge in [-0.15, -0.1) is 0 Å². The van der Waals surface area contributed by atoms with Crippen LogP contribution in [0.5, 0.6) is 11.5 Å². The molecule has 0 aliphatic carbocycles. The molecule has 0 radical (unpaired) electrons. The van der Waals surface area contributed by atoms with E-state index in [9.17, 15) is 19.5 Å². The van der Waals surface area contributed by atoms with Gasteiger partial charge in [0.25, 0.3) is 5.91 Å². The van der Waals surface area contributed by atoms with Gasteiger partial charge < -0.3 is 30.0 Å². The number of ether oxygens (including phenoxy) is 3. The van der Waals surface area contributed by atoms with Gasteiger partial charge >= 0.3 is 11.9 Å². The molecule has 2 atom stereocenters. The Morgan fingerprint density at radius 2 is 1.81 bits per heavy atom. The van der Waals surface area contributed by atoms with E-state index in [1.165, 1.54) is 21.3 Å². The highest BCUT2D eigenvalue weighted by Gasteiger charge is 2.26. The third-order valence-corrected chi connectivity index (χ3v) is 5.94. The number of fused-ring (bicyclic) bond motifs is 1. The Morgan fingerprint density at radius 1 is 1.08 bits per heavy atom. The van der Waals surface area contributed by atoms with Crippen LogP contribution in [-0.2, 0) is 14.3 Å². The second-order valence-corrected chi connectivity index (χ2v) is 8.13. The summed E-state index contributed by atoms with van der Waals surface area (Å²) in [5, 5.41) is 15.2. The first-order chi connectivity index (χ1) is 17.2. The van der Waals surface area contributed by atoms with Crippen LogP contribution < -0.4 is 20.1 Å². The van der Waals surface area contributed by atoms with Gasteiger partial charge in [0.15, 0.2) is 11.5 Å². The van der Waals surface area contributed by atoms with Crippen molar-refractivity contribution in [3.63, 3.8) is 0 Å². The number of rotatable bonds is 11. The van der Waals surface area contributed by atoms with Gasteiger partial charge in [-0.1, -0.05) is 20.3 Å². The van der Waals surface area contributed by atoms with E-state index in [1.54, 1.807) is 47.9 Å². The second-order valence-electron chi connectivity index (χ2n) is 8.13. The number of carbonyl (C=O) groups excluding carboxylic acids is 2. The van der Waals surface area contributed by atoms with Gasteiger partial charge in [-0.05, 0) is 36.2 Å². The number of amides is 1. The SMILES string of the molecule is CCC(C)C(NC(=O)c1ccn2c(NCC(=O)OC)c(-c3ccc(OC)c(OC)c3)nc2c1)C(=O)O. The highest BCUT2D eigenvalue weighted by atomic mass is 16.5. The predicted octanol–water partition coefficient (Wildman–Crippen LogP) is 2.83. The van der Waals surface area contributed by atoms with Gasteiger partial charge in [0.2, 0.25) is 0 Å². The maximum Gasteiger partial charge on any atom is 0.326 e. The van der Waals surface area contributed by atoms with Crippen molar-refractivity contribution in [1.29, 1.82) is 0 Å². The maximum atomic E-state index is 12.9. The maximum absolute atomic E-state index is 12.9. The fourth-order valence-corrected chi connectivity index (χ4v) is 3.68. The molecule has 0 bridgehead atoms. The first kappa shape index (κ1) is 26.3. The Labute approximate surface area is 208 Å². The molecule has 11 nitrogen and oxygen atoms in total. The summed E-state index contributed by atoms with van der Waals surface area (Å²) in [4.78, 5) is 41.0. The topological polar surface area (TPSA) is 140 Å². The zero-order chi connectivity index (χ0) is 26.4. The molecule has 3 N–H and O–H groups in total. The number of benzene rings is 1. The molecule has 11 heteroatoms. The van der Waals surface area contributed by atoms with Crippen molar-refractivity contribution in [2.75, 3.05) is 33.2 Å². The average molecular weight is 499 g/mol. The highest BCUT2D eigenvalue weighted by molar-refractivity contribution is 5.97. The standard InChI is InChI=1S/C25H30N4O7/c1-6-14(2)21(25(32)33)28-24(31)16-9-10-29-19(12-16)27-22(23(29)26-13-20(30)36-5)15-7-8-17(34-3)18(11-15)35-4/h7-12,14,21,26H,6,13H2,1-5H3,(H,28,31)(H,32,33). The first-order valence-electron chi connectivity index (χ1n) is 11.3. The van der Waals surface area contributed by atoms with Crippen LogP contribution in [0.4, 0.5) is 5.82 Å². The molecule has 2 heterocycles. The number of carbonyl (C=O) groups is 3. The zero-order valence-electron chi connectivity index (χ0n) is 20.8. The Kier molecular flexibility index (Phi) is 8.36. The Bertz CT molecular complexity index is 1270. The molecular formula is C25H30N4O7. The van der Waals surface area contributed by atoms with E-state index in [-0.39, 0.29) is 18.0 Å². The molecule has 2 aromatic heterocycles. The van der Waals surface area contributed by atoms with E-state index >= 15 is 0 Å². The number of aromatic nitrogens is 2. The molecule has 3 aromatic rings. The predicted molar refractivity (Wildman–Crippen MR) is 133 cm³/mol. The van der Waals surface area contributed by atoms with Crippen LogP contribution in [0.1, 0.15) is 30.6 Å². The molecule has 1 aromatic carbocycles. The molecular weight excluding hydrogens is 468 g/mol. The molecule has 0 spiro atoms. The van der Waals surface area contributed by atoms with E-state index in [4.69, 9.17) is 14.2 Å². The lowest BCUT2D eigenvalue weighted by Crippen LogP contribution is -2.45. The zero-order valence-corrected chi connectivity index (χ0v) is 20.8. The number of aliphatic carboxylic acids is 1. The quantitative estimate of drug-likeness (QED) is 0.340. The van der Waals surface area contributed by atoms with Gasteiger partial charge in [-0.25, -0.2) is 9.78 Å². The third-order valence-electron chi connectivity index (χ3n) is 5.94. The summed E-state index contributed by atoms with van der Waals surface area (Å²) in [6, 6.07) is 7.38. The van der Waals surface area contributed by atoms with E-state index in [1.807, 2.05) is 6.92 Å². The molecule has 0 aliphatic heterocycles.